The van der Waals surface area contributed by atoms with Crippen LogP contribution in [0.25, 0.3) is 0 Å². The molecular weight excluding hydrogens is 284 g/mol. The molecule has 2 heterocycles. The average Bonchev–Trinajstić information content (AvgIpc) is 2.41. The van der Waals surface area contributed by atoms with Crippen LogP contribution in [0.15, 0.2) is 6.20 Å². The molecule has 0 saturated heterocycles. The van der Waals surface area contributed by atoms with Gasteiger partial charge in [0.15, 0.2) is 0 Å². The highest BCUT2D eigenvalue weighted by Crippen LogP contribution is 2.29. The maximum Gasteiger partial charge on any atom is 0.326 e. The molecule has 3 amide bonds. The lowest BCUT2D eigenvalue weighted by Gasteiger charge is -2.38. The molecule has 2 rings (SSSR count). The van der Waals surface area contributed by atoms with Crippen LogP contribution in [0.3, 0.4) is 0 Å². The van der Waals surface area contributed by atoms with Crippen LogP contribution in [0.1, 0.15) is 32.2 Å². The molecule has 0 aliphatic carbocycles. The summed E-state index contributed by atoms with van der Waals surface area (Å²) in [4.78, 5) is 34.7. The molecule has 22 heavy (non-hydrogen) atoms. The van der Waals surface area contributed by atoms with Crippen molar-refractivity contribution in [3.05, 3.63) is 17.6 Å². The highest BCUT2D eigenvalue weighted by atomic mass is 16.2. The molecule has 1 aromatic heterocycles. The minimum Gasteiger partial charge on any atom is -0.368 e. The summed E-state index contributed by atoms with van der Waals surface area (Å²) >= 11 is 0. The quantitative estimate of drug-likeness (QED) is 0.878. The Hall–Kier alpha value is -2.69. The van der Waals surface area contributed by atoms with Crippen molar-refractivity contribution >= 4 is 17.8 Å². The third-order valence-electron chi connectivity index (χ3n) is 3.04. The minimum absolute atomic E-state index is 0.00816. The van der Waals surface area contributed by atoms with Gasteiger partial charge in [0, 0.05) is 18.3 Å². The van der Waals surface area contributed by atoms with Gasteiger partial charge in [0.25, 0.3) is 0 Å². The Balaban J connectivity index is 2.46. The van der Waals surface area contributed by atoms with Crippen LogP contribution in [0.2, 0.25) is 0 Å². The number of nitrogens with two attached hydrogens (primary N) is 1. The summed E-state index contributed by atoms with van der Waals surface area (Å²) in [5.41, 5.74) is 5.70. The van der Waals surface area contributed by atoms with Gasteiger partial charge in [-0.2, -0.15) is 5.26 Å². The lowest BCUT2D eigenvalue weighted by atomic mass is 9.95. The van der Waals surface area contributed by atoms with Crippen molar-refractivity contribution < 1.29 is 9.59 Å². The molecule has 8 heteroatoms. The Morgan fingerprint density at radius 2 is 2.18 bits per heavy atom. The fourth-order valence-electron chi connectivity index (χ4n) is 2.26. The molecule has 0 atom stereocenters. The summed E-state index contributed by atoms with van der Waals surface area (Å²) in [7, 11) is 0. The van der Waals surface area contributed by atoms with Gasteiger partial charge in [0.1, 0.15) is 18.4 Å². The Labute approximate surface area is 128 Å². The number of rotatable bonds is 3. The van der Waals surface area contributed by atoms with E-state index in [0.717, 1.165) is 0 Å². The number of fused-ring (bicyclic) bond motifs is 1. The molecule has 1 aromatic rings. The van der Waals surface area contributed by atoms with Crippen molar-refractivity contribution in [1.82, 2.24) is 14.9 Å². The van der Waals surface area contributed by atoms with E-state index in [9.17, 15) is 9.59 Å². The van der Waals surface area contributed by atoms with E-state index in [2.05, 4.69) is 9.97 Å². The van der Waals surface area contributed by atoms with Crippen LogP contribution in [0, 0.1) is 16.7 Å². The molecule has 0 aromatic carbocycles. The van der Waals surface area contributed by atoms with Crippen LogP contribution in [-0.2, 0) is 11.3 Å². The summed E-state index contributed by atoms with van der Waals surface area (Å²) in [6, 6.07) is 1.53. The van der Waals surface area contributed by atoms with Gasteiger partial charge in [0.05, 0.1) is 6.54 Å². The van der Waals surface area contributed by atoms with E-state index in [1.165, 1.54) is 16.0 Å². The number of primary amides is 1. The Morgan fingerprint density at radius 3 is 2.73 bits per heavy atom. The predicted octanol–water partition coefficient (Wildman–Crippen LogP) is 0.622. The fraction of sp³-hybridized carbons (Fsp3) is 0.500. The Morgan fingerprint density at radius 1 is 1.50 bits per heavy atom. The molecular formula is C14H18N6O2. The maximum atomic E-state index is 12.6. The van der Waals surface area contributed by atoms with Crippen molar-refractivity contribution in [2.45, 2.75) is 27.3 Å². The average molecular weight is 302 g/mol. The van der Waals surface area contributed by atoms with Gasteiger partial charge in [-0.1, -0.05) is 20.8 Å². The zero-order valence-electron chi connectivity index (χ0n) is 12.8. The lowest BCUT2D eigenvalue weighted by Crippen LogP contribution is -2.52. The number of carbonyl (C=O) groups excluding carboxylic acids is 2. The zero-order valence-corrected chi connectivity index (χ0v) is 12.8. The largest absolute Gasteiger partial charge is 0.368 e. The minimum atomic E-state index is -0.581. The highest BCUT2D eigenvalue weighted by molar-refractivity contribution is 5.95. The van der Waals surface area contributed by atoms with Crippen LogP contribution < -0.4 is 10.6 Å². The third kappa shape index (κ3) is 3.31. The molecule has 0 saturated carbocycles. The third-order valence-corrected chi connectivity index (χ3v) is 3.04. The normalized spacial score (nSPS) is 14.5. The summed E-state index contributed by atoms with van der Waals surface area (Å²) in [5, 5.41) is 8.94. The number of nitriles is 1. The predicted molar refractivity (Wildman–Crippen MR) is 78.5 cm³/mol. The van der Waals surface area contributed by atoms with E-state index in [4.69, 9.17) is 11.0 Å². The van der Waals surface area contributed by atoms with Crippen molar-refractivity contribution in [2.75, 3.05) is 18.0 Å². The summed E-state index contributed by atoms with van der Waals surface area (Å²) < 4.78 is 0. The second-order valence-electron chi connectivity index (χ2n) is 6.41. The number of hydrogen-bond donors (Lipinski definition) is 1. The standard InChI is InChI=1S/C14H18N6O2/c1-14(2,3)8-20-12-9(5-17-11(4-15)18-12)6-19(13(20)22)7-10(16)21/h5H,6-8H2,1-3H3,(H2,16,21). The first kappa shape index (κ1) is 15.7. The van der Waals surface area contributed by atoms with E-state index < -0.39 is 5.91 Å². The topological polar surface area (TPSA) is 116 Å². The van der Waals surface area contributed by atoms with Gasteiger partial charge in [-0.3, -0.25) is 9.69 Å². The van der Waals surface area contributed by atoms with Crippen LogP contribution in [-0.4, -0.2) is 39.9 Å². The van der Waals surface area contributed by atoms with Crippen LogP contribution in [0.4, 0.5) is 10.6 Å². The van der Waals surface area contributed by atoms with E-state index in [1.807, 2.05) is 26.8 Å². The molecule has 1 aliphatic heterocycles. The van der Waals surface area contributed by atoms with Crippen LogP contribution >= 0.6 is 0 Å². The van der Waals surface area contributed by atoms with Gasteiger partial charge < -0.3 is 10.6 Å². The SMILES string of the molecule is CC(C)(C)CN1C(=O)N(CC(N)=O)Cc2cnc(C#N)nc21. The lowest BCUT2D eigenvalue weighted by molar-refractivity contribution is -0.118. The van der Waals surface area contributed by atoms with E-state index >= 15 is 0 Å². The van der Waals surface area contributed by atoms with E-state index in [1.54, 1.807) is 0 Å². The van der Waals surface area contributed by atoms with Crippen molar-refractivity contribution in [2.24, 2.45) is 11.1 Å². The van der Waals surface area contributed by atoms with Gasteiger partial charge in [-0.25, -0.2) is 14.8 Å². The molecule has 0 bridgehead atoms. The molecule has 1 aliphatic rings. The zero-order chi connectivity index (χ0) is 16.5. The number of nitrogens with zero attached hydrogens (tertiary/aromatic N) is 5. The summed E-state index contributed by atoms with van der Waals surface area (Å²) in [6.45, 7) is 6.39. The van der Waals surface area contributed by atoms with Crippen molar-refractivity contribution in [3.8, 4) is 6.07 Å². The van der Waals surface area contributed by atoms with Gasteiger partial charge in [-0.05, 0) is 5.41 Å². The molecule has 0 spiro atoms. The summed E-state index contributed by atoms with van der Waals surface area (Å²) in [5.74, 6) is -0.150. The van der Waals surface area contributed by atoms with E-state index in [-0.39, 0.29) is 30.4 Å². The number of aromatic nitrogens is 2. The van der Waals surface area contributed by atoms with Crippen LogP contribution in [0.5, 0.6) is 0 Å². The van der Waals surface area contributed by atoms with Crippen molar-refractivity contribution in [1.29, 1.82) is 5.26 Å². The van der Waals surface area contributed by atoms with E-state index in [0.29, 0.717) is 17.9 Å². The first-order chi connectivity index (χ1) is 10.2. The second-order valence-corrected chi connectivity index (χ2v) is 6.41. The first-order valence-corrected chi connectivity index (χ1v) is 6.82. The molecule has 116 valence electrons. The number of amides is 3. The number of urea groups is 1. The molecule has 0 fully saturated rings. The first-order valence-electron chi connectivity index (χ1n) is 6.82. The fourth-order valence-corrected chi connectivity index (χ4v) is 2.26. The summed E-state index contributed by atoms with van der Waals surface area (Å²) in [6.07, 6.45) is 1.51. The highest BCUT2D eigenvalue weighted by Gasteiger charge is 2.34. The number of anilines is 1. The Bertz CT molecular complexity index is 658. The number of carbonyl (C=O) groups is 2. The monoisotopic (exact) mass is 302 g/mol. The molecule has 0 unspecified atom stereocenters. The maximum absolute atomic E-state index is 12.6. The van der Waals surface area contributed by atoms with Gasteiger partial charge in [0.2, 0.25) is 11.7 Å². The second kappa shape index (κ2) is 5.60. The van der Waals surface area contributed by atoms with Crippen molar-refractivity contribution in [3.63, 3.8) is 0 Å². The Kier molecular flexibility index (Phi) is 3.99. The smallest absolute Gasteiger partial charge is 0.326 e. The van der Waals surface area contributed by atoms with Gasteiger partial charge in [-0.15, -0.1) is 0 Å². The molecule has 2 N–H and O–H groups in total. The van der Waals surface area contributed by atoms with Gasteiger partial charge >= 0.3 is 6.03 Å². The number of hydrogen-bond acceptors (Lipinski definition) is 5. The molecule has 8 nitrogen and oxygen atoms in total. The molecule has 0 radical (unpaired) electrons.